The predicted octanol–water partition coefficient (Wildman–Crippen LogP) is 2.05. The zero-order valence-corrected chi connectivity index (χ0v) is 13.0. The number of rotatable bonds is 5. The number of aliphatic carboxylic acids is 1. The molecule has 0 aliphatic heterocycles. The first kappa shape index (κ1) is 17.3. The number of hydrogen-bond donors (Lipinski definition) is 2. The number of aliphatic hydroxyl groups is 1. The number of carboxylic acids is 1. The molecule has 0 aromatic heterocycles. The van der Waals surface area contributed by atoms with E-state index in [1.807, 2.05) is 0 Å². The van der Waals surface area contributed by atoms with Crippen molar-refractivity contribution in [1.82, 2.24) is 4.90 Å². The summed E-state index contributed by atoms with van der Waals surface area (Å²) in [6.45, 7) is 2.72. The molecule has 0 atom stereocenters. The maximum atomic E-state index is 12.4. The van der Waals surface area contributed by atoms with Crippen molar-refractivity contribution in [2.24, 2.45) is 0 Å². The van der Waals surface area contributed by atoms with E-state index in [0.717, 1.165) is 4.90 Å². The number of nitrogens with zero attached hydrogens (tertiary/aromatic N) is 2. The summed E-state index contributed by atoms with van der Waals surface area (Å²) in [5.74, 6) is -1.14. The minimum absolute atomic E-state index is 0.0719. The highest BCUT2D eigenvalue weighted by Crippen LogP contribution is 2.21. The summed E-state index contributed by atoms with van der Waals surface area (Å²) in [6.07, 6.45) is 0. The van der Waals surface area contributed by atoms with Crippen molar-refractivity contribution in [3.05, 3.63) is 29.3 Å². The molecule has 6 nitrogen and oxygen atoms in total. The van der Waals surface area contributed by atoms with Crippen molar-refractivity contribution < 1.29 is 19.8 Å². The monoisotopic (exact) mass is 314 g/mol. The zero-order chi connectivity index (χ0) is 16.2. The molecule has 0 saturated heterocycles. The molecule has 116 valence electrons. The van der Waals surface area contributed by atoms with E-state index in [0.29, 0.717) is 10.7 Å². The maximum absolute atomic E-state index is 12.4. The average molecular weight is 315 g/mol. The molecule has 0 aliphatic rings. The summed E-state index contributed by atoms with van der Waals surface area (Å²) in [5, 5.41) is 19.2. The Morgan fingerprint density at radius 1 is 1.33 bits per heavy atom. The Hall–Kier alpha value is -1.79. The summed E-state index contributed by atoms with van der Waals surface area (Å²) in [7, 11) is 1.50. The number of benzene rings is 1. The highest BCUT2D eigenvalue weighted by Gasteiger charge is 2.26. The van der Waals surface area contributed by atoms with Crippen LogP contribution >= 0.6 is 11.6 Å². The van der Waals surface area contributed by atoms with E-state index in [2.05, 4.69) is 0 Å². The fourth-order valence-electron chi connectivity index (χ4n) is 1.90. The van der Waals surface area contributed by atoms with Gasteiger partial charge in [0.15, 0.2) is 0 Å². The van der Waals surface area contributed by atoms with Crippen molar-refractivity contribution in [3.63, 3.8) is 0 Å². The van der Waals surface area contributed by atoms with Gasteiger partial charge in [0.2, 0.25) is 0 Å². The van der Waals surface area contributed by atoms with Crippen LogP contribution < -0.4 is 4.90 Å². The van der Waals surface area contributed by atoms with E-state index in [1.165, 1.54) is 18.0 Å². The quantitative estimate of drug-likeness (QED) is 0.871. The third-order valence-electron chi connectivity index (χ3n) is 2.59. The molecular weight excluding hydrogens is 296 g/mol. The van der Waals surface area contributed by atoms with Crippen LogP contribution in [0.2, 0.25) is 5.02 Å². The van der Waals surface area contributed by atoms with Gasteiger partial charge in [-0.3, -0.25) is 9.69 Å². The van der Waals surface area contributed by atoms with Crippen LogP contribution in [0.15, 0.2) is 24.3 Å². The van der Waals surface area contributed by atoms with Crippen LogP contribution in [0.3, 0.4) is 0 Å². The molecule has 0 bridgehead atoms. The lowest BCUT2D eigenvalue weighted by Crippen LogP contribution is -2.48. The molecule has 0 fully saturated rings. The molecule has 0 heterocycles. The van der Waals surface area contributed by atoms with E-state index in [4.69, 9.17) is 16.7 Å². The smallest absolute Gasteiger partial charge is 0.324 e. The van der Waals surface area contributed by atoms with E-state index >= 15 is 0 Å². The van der Waals surface area contributed by atoms with Crippen LogP contribution in [-0.4, -0.2) is 52.9 Å². The first-order chi connectivity index (χ1) is 9.60. The second-order valence-corrected chi connectivity index (χ2v) is 5.85. The molecule has 0 saturated carbocycles. The van der Waals surface area contributed by atoms with Gasteiger partial charge in [-0.2, -0.15) is 0 Å². The molecule has 1 aromatic rings. The standard InChI is InChI=1S/C14H19ClN2O4/c1-14(2,21)9-16(3)13(20)17(8-12(18)19)11-6-4-5-10(15)7-11/h4-7,21H,8-9H2,1-3H3,(H,18,19). The number of anilines is 1. The molecule has 0 unspecified atom stereocenters. The lowest BCUT2D eigenvalue weighted by molar-refractivity contribution is -0.135. The Bertz CT molecular complexity index is 528. The van der Waals surface area contributed by atoms with Crippen LogP contribution in [-0.2, 0) is 4.79 Å². The minimum atomic E-state index is -1.14. The van der Waals surface area contributed by atoms with Gasteiger partial charge >= 0.3 is 12.0 Å². The second kappa shape index (κ2) is 6.78. The van der Waals surface area contributed by atoms with Gasteiger partial charge in [-0.15, -0.1) is 0 Å². The van der Waals surface area contributed by atoms with Crippen LogP contribution in [0.5, 0.6) is 0 Å². The average Bonchev–Trinajstić information content (AvgIpc) is 2.32. The number of halogens is 1. The maximum Gasteiger partial charge on any atom is 0.324 e. The van der Waals surface area contributed by atoms with Crippen molar-refractivity contribution in [1.29, 1.82) is 0 Å². The Kier molecular flexibility index (Phi) is 5.57. The second-order valence-electron chi connectivity index (χ2n) is 5.41. The molecule has 21 heavy (non-hydrogen) atoms. The van der Waals surface area contributed by atoms with Crippen molar-refractivity contribution in [2.75, 3.05) is 25.0 Å². The minimum Gasteiger partial charge on any atom is -0.480 e. The fourth-order valence-corrected chi connectivity index (χ4v) is 2.09. The Morgan fingerprint density at radius 2 is 1.95 bits per heavy atom. The number of carbonyl (C=O) groups excluding carboxylic acids is 1. The van der Waals surface area contributed by atoms with Crippen LogP contribution in [0.4, 0.5) is 10.5 Å². The normalized spacial score (nSPS) is 11.1. The molecule has 0 radical (unpaired) electrons. The summed E-state index contributed by atoms with van der Waals surface area (Å²) in [5.41, 5.74) is -0.689. The molecule has 7 heteroatoms. The zero-order valence-electron chi connectivity index (χ0n) is 12.2. The van der Waals surface area contributed by atoms with Gasteiger partial charge < -0.3 is 15.1 Å². The SMILES string of the molecule is CN(CC(C)(C)O)C(=O)N(CC(=O)O)c1cccc(Cl)c1. The summed E-state index contributed by atoms with van der Waals surface area (Å²) in [4.78, 5) is 25.8. The third kappa shape index (κ3) is 5.61. The molecule has 1 rings (SSSR count). The van der Waals surface area contributed by atoms with Crippen molar-refractivity contribution in [3.8, 4) is 0 Å². The number of likely N-dealkylation sites (N-methyl/N-ethyl adjacent to an activating group) is 1. The van der Waals surface area contributed by atoms with Gasteiger partial charge in [0.25, 0.3) is 0 Å². The summed E-state index contributed by atoms with van der Waals surface area (Å²) < 4.78 is 0. The first-order valence-electron chi connectivity index (χ1n) is 6.32. The van der Waals surface area contributed by atoms with Crippen LogP contribution in [0, 0.1) is 0 Å². The first-order valence-corrected chi connectivity index (χ1v) is 6.70. The van der Waals surface area contributed by atoms with Gasteiger partial charge in [-0.1, -0.05) is 17.7 Å². The molecular formula is C14H19ClN2O4. The van der Waals surface area contributed by atoms with Crippen LogP contribution in [0.1, 0.15) is 13.8 Å². The number of hydrogen-bond acceptors (Lipinski definition) is 3. The fraction of sp³-hybridized carbons (Fsp3) is 0.429. The van der Waals surface area contributed by atoms with E-state index in [1.54, 1.807) is 32.0 Å². The topological polar surface area (TPSA) is 81.1 Å². The van der Waals surface area contributed by atoms with Gasteiger partial charge in [0.05, 0.1) is 12.1 Å². The van der Waals surface area contributed by atoms with E-state index in [9.17, 15) is 14.7 Å². The summed E-state index contributed by atoms with van der Waals surface area (Å²) in [6, 6.07) is 5.86. The number of amides is 2. The lowest BCUT2D eigenvalue weighted by Gasteiger charge is -2.30. The van der Waals surface area contributed by atoms with Crippen LogP contribution in [0.25, 0.3) is 0 Å². The highest BCUT2D eigenvalue weighted by atomic mass is 35.5. The lowest BCUT2D eigenvalue weighted by atomic mass is 10.1. The van der Waals surface area contributed by atoms with E-state index < -0.39 is 24.1 Å². The largest absolute Gasteiger partial charge is 0.480 e. The summed E-state index contributed by atoms with van der Waals surface area (Å²) >= 11 is 5.88. The Morgan fingerprint density at radius 3 is 2.43 bits per heavy atom. The van der Waals surface area contributed by atoms with Crippen molar-refractivity contribution >= 4 is 29.3 Å². The van der Waals surface area contributed by atoms with Gasteiger partial charge in [0, 0.05) is 17.8 Å². The predicted molar refractivity (Wildman–Crippen MR) is 80.8 cm³/mol. The van der Waals surface area contributed by atoms with Crippen molar-refractivity contribution in [2.45, 2.75) is 19.4 Å². The number of carbonyl (C=O) groups is 2. The Balaban J connectivity index is 3.02. The van der Waals surface area contributed by atoms with Gasteiger partial charge in [0.1, 0.15) is 6.54 Å². The number of urea groups is 1. The molecule has 2 N–H and O–H groups in total. The number of carboxylic acid groups (broad SMARTS) is 1. The molecule has 2 amide bonds. The van der Waals surface area contributed by atoms with Gasteiger partial charge in [-0.05, 0) is 32.0 Å². The van der Waals surface area contributed by atoms with E-state index in [-0.39, 0.29) is 6.54 Å². The Labute approximate surface area is 128 Å². The molecule has 0 spiro atoms. The van der Waals surface area contributed by atoms with Gasteiger partial charge in [-0.25, -0.2) is 4.79 Å². The molecule has 1 aromatic carbocycles. The molecule has 0 aliphatic carbocycles. The highest BCUT2D eigenvalue weighted by molar-refractivity contribution is 6.30. The third-order valence-corrected chi connectivity index (χ3v) is 2.83.